The first-order valence-electron chi connectivity index (χ1n) is 9.78. The summed E-state index contributed by atoms with van der Waals surface area (Å²) in [6, 6.07) is 6.70. The van der Waals surface area contributed by atoms with E-state index in [2.05, 4.69) is 4.74 Å². The maximum Gasteiger partial charge on any atom is 0.337 e. The van der Waals surface area contributed by atoms with Gasteiger partial charge in [0.2, 0.25) is 5.91 Å². The van der Waals surface area contributed by atoms with Crippen LogP contribution >= 0.6 is 24.0 Å². The number of aliphatic hydroxyl groups is 1. The second-order valence-corrected chi connectivity index (χ2v) is 8.81. The van der Waals surface area contributed by atoms with Gasteiger partial charge in [-0.15, -0.1) is 0 Å². The molecule has 2 saturated heterocycles. The predicted octanol–water partition coefficient (Wildman–Crippen LogP) is 2.44. The fourth-order valence-electron chi connectivity index (χ4n) is 3.63. The predicted molar refractivity (Wildman–Crippen MR) is 119 cm³/mol. The maximum atomic E-state index is 12.8. The molecule has 2 amide bonds. The Balaban J connectivity index is 1.69. The number of methoxy groups -OCH3 is 1. The largest absolute Gasteiger partial charge is 0.465 e. The highest BCUT2D eigenvalue weighted by Gasteiger charge is 2.36. The van der Waals surface area contributed by atoms with E-state index >= 15 is 0 Å². The first-order chi connectivity index (χ1) is 14.4. The summed E-state index contributed by atoms with van der Waals surface area (Å²) >= 11 is 6.50. The molecular formula is C21H24N2O5S2. The van der Waals surface area contributed by atoms with Crippen molar-refractivity contribution in [2.75, 3.05) is 26.8 Å². The van der Waals surface area contributed by atoms with E-state index in [4.69, 9.17) is 12.2 Å². The number of carbonyl (C=O) groups is 3. The zero-order valence-corrected chi connectivity index (χ0v) is 18.3. The average Bonchev–Trinajstić information content (AvgIpc) is 3.01. The third kappa shape index (κ3) is 5.08. The topological polar surface area (TPSA) is 87.2 Å². The van der Waals surface area contributed by atoms with Crippen LogP contribution in [0.15, 0.2) is 29.2 Å². The van der Waals surface area contributed by atoms with Gasteiger partial charge < -0.3 is 14.7 Å². The summed E-state index contributed by atoms with van der Waals surface area (Å²) < 4.78 is 5.03. The number of ether oxygens (including phenoxy) is 1. The lowest BCUT2D eigenvalue weighted by Crippen LogP contribution is -2.49. The number of aliphatic hydroxyl groups excluding tert-OH is 1. The lowest BCUT2D eigenvalue weighted by molar-refractivity contribution is -0.138. The number of thiocarbonyl (C=S) groups is 1. The van der Waals surface area contributed by atoms with Gasteiger partial charge in [-0.05, 0) is 49.5 Å². The highest BCUT2D eigenvalue weighted by Crippen LogP contribution is 2.33. The molecule has 1 aromatic carbocycles. The Morgan fingerprint density at radius 2 is 2.03 bits per heavy atom. The van der Waals surface area contributed by atoms with E-state index in [9.17, 15) is 19.5 Å². The van der Waals surface area contributed by atoms with Crippen molar-refractivity contribution in [2.24, 2.45) is 0 Å². The number of benzene rings is 1. The molecule has 1 atom stereocenters. The molecular weight excluding hydrogens is 424 g/mol. The number of thioether (sulfide) groups is 1. The Hall–Kier alpha value is -2.23. The van der Waals surface area contributed by atoms with Crippen LogP contribution in [-0.4, -0.2) is 69.9 Å². The molecule has 0 bridgehead atoms. The maximum absolute atomic E-state index is 12.8. The second-order valence-electron chi connectivity index (χ2n) is 7.13. The summed E-state index contributed by atoms with van der Waals surface area (Å²) in [5.74, 6) is -0.872. The van der Waals surface area contributed by atoms with Crippen molar-refractivity contribution < 1.29 is 24.2 Å². The zero-order valence-electron chi connectivity index (χ0n) is 16.7. The van der Waals surface area contributed by atoms with Gasteiger partial charge in [-0.1, -0.05) is 36.1 Å². The Bertz CT molecular complexity index is 867. The third-order valence-corrected chi connectivity index (χ3v) is 6.58. The lowest BCUT2D eigenvalue weighted by Gasteiger charge is -2.36. The Morgan fingerprint density at radius 1 is 1.30 bits per heavy atom. The second kappa shape index (κ2) is 10.2. The van der Waals surface area contributed by atoms with Crippen LogP contribution in [-0.2, 0) is 14.3 Å². The van der Waals surface area contributed by atoms with E-state index in [0.717, 1.165) is 36.6 Å². The van der Waals surface area contributed by atoms with Gasteiger partial charge in [-0.3, -0.25) is 14.5 Å². The van der Waals surface area contributed by atoms with Gasteiger partial charge in [0, 0.05) is 19.2 Å². The quantitative estimate of drug-likeness (QED) is 0.406. The monoisotopic (exact) mass is 448 g/mol. The molecule has 0 saturated carbocycles. The van der Waals surface area contributed by atoms with E-state index in [1.54, 1.807) is 35.2 Å². The molecule has 9 heteroatoms. The van der Waals surface area contributed by atoms with E-state index in [0.29, 0.717) is 27.8 Å². The summed E-state index contributed by atoms with van der Waals surface area (Å²) in [6.45, 7) is 0.582. The van der Waals surface area contributed by atoms with Crippen LogP contribution in [0, 0.1) is 0 Å². The molecule has 2 heterocycles. The fraction of sp³-hybridized carbons (Fsp3) is 0.429. The van der Waals surface area contributed by atoms with Crippen LogP contribution in [0.5, 0.6) is 0 Å². The number of likely N-dealkylation sites (tertiary alicyclic amines) is 1. The van der Waals surface area contributed by atoms with Crippen LogP contribution in [0.3, 0.4) is 0 Å². The van der Waals surface area contributed by atoms with E-state index < -0.39 is 5.97 Å². The molecule has 0 aromatic heterocycles. The molecule has 2 aliphatic rings. The molecule has 1 unspecified atom stereocenters. The van der Waals surface area contributed by atoms with Gasteiger partial charge in [0.25, 0.3) is 5.91 Å². The number of hydrogen-bond donors (Lipinski definition) is 1. The number of rotatable bonds is 6. The van der Waals surface area contributed by atoms with Gasteiger partial charge in [0.1, 0.15) is 10.9 Å². The number of piperidine rings is 1. The smallest absolute Gasteiger partial charge is 0.337 e. The van der Waals surface area contributed by atoms with Crippen molar-refractivity contribution in [3.63, 3.8) is 0 Å². The van der Waals surface area contributed by atoms with Crippen molar-refractivity contribution >= 4 is 52.2 Å². The molecule has 30 heavy (non-hydrogen) atoms. The highest BCUT2D eigenvalue weighted by atomic mass is 32.2. The SMILES string of the molecule is COC(=O)c1ccc(/C=C2\SC(=S)N(CC(=O)N3CCCCC3CCO)C2=O)cc1. The number of nitrogens with zero attached hydrogens (tertiary/aromatic N) is 2. The normalized spacial score (nSPS) is 20.7. The molecule has 2 fully saturated rings. The molecule has 1 aromatic rings. The van der Waals surface area contributed by atoms with Crippen LogP contribution in [0.4, 0.5) is 0 Å². The van der Waals surface area contributed by atoms with E-state index in [1.165, 1.54) is 12.0 Å². The third-order valence-electron chi connectivity index (χ3n) is 5.21. The van der Waals surface area contributed by atoms with Crippen molar-refractivity contribution in [3.8, 4) is 0 Å². The number of esters is 1. The van der Waals surface area contributed by atoms with Crippen molar-refractivity contribution in [2.45, 2.75) is 31.7 Å². The molecule has 3 rings (SSSR count). The van der Waals surface area contributed by atoms with Gasteiger partial charge in [0.15, 0.2) is 0 Å². The fourth-order valence-corrected chi connectivity index (χ4v) is 4.88. The number of amides is 2. The van der Waals surface area contributed by atoms with Crippen LogP contribution in [0.2, 0.25) is 0 Å². The Kier molecular flexibility index (Phi) is 7.63. The summed E-state index contributed by atoms with van der Waals surface area (Å²) in [5.41, 5.74) is 1.17. The molecule has 1 N–H and O–H groups in total. The molecule has 0 radical (unpaired) electrons. The summed E-state index contributed by atoms with van der Waals surface area (Å²) in [7, 11) is 1.32. The minimum absolute atomic E-state index is 0.0125. The Morgan fingerprint density at radius 3 is 2.70 bits per heavy atom. The highest BCUT2D eigenvalue weighted by molar-refractivity contribution is 8.26. The standard InChI is InChI=1S/C21H24N2O5S2/c1-28-20(27)15-7-5-14(6-8-15)12-17-19(26)23(21(29)30-17)13-18(25)22-10-3-2-4-16(22)9-11-24/h5-8,12,16,24H,2-4,9-11,13H2,1H3/b17-12-. The van der Waals surface area contributed by atoms with E-state index in [1.807, 2.05) is 0 Å². The minimum atomic E-state index is -0.427. The number of hydrogen-bond acceptors (Lipinski definition) is 7. The number of carbonyl (C=O) groups excluding carboxylic acids is 3. The molecule has 2 aliphatic heterocycles. The molecule has 7 nitrogen and oxygen atoms in total. The van der Waals surface area contributed by atoms with Crippen molar-refractivity contribution in [1.82, 2.24) is 9.80 Å². The van der Waals surface area contributed by atoms with Crippen LogP contribution < -0.4 is 0 Å². The average molecular weight is 449 g/mol. The van der Waals surface area contributed by atoms with Gasteiger partial charge in [0.05, 0.1) is 17.6 Å². The van der Waals surface area contributed by atoms with Crippen molar-refractivity contribution in [3.05, 3.63) is 40.3 Å². The van der Waals surface area contributed by atoms with Gasteiger partial charge >= 0.3 is 5.97 Å². The summed E-state index contributed by atoms with van der Waals surface area (Å²) in [4.78, 5) is 40.8. The Labute approximate surface area is 185 Å². The van der Waals surface area contributed by atoms with Gasteiger partial charge in [-0.25, -0.2) is 4.79 Å². The van der Waals surface area contributed by atoms with E-state index in [-0.39, 0.29) is 31.0 Å². The van der Waals surface area contributed by atoms with Crippen LogP contribution in [0.25, 0.3) is 6.08 Å². The summed E-state index contributed by atoms with van der Waals surface area (Å²) in [6.07, 6.45) is 5.07. The molecule has 0 spiro atoms. The zero-order chi connectivity index (χ0) is 21.7. The first kappa shape index (κ1) is 22.5. The molecule has 160 valence electrons. The lowest BCUT2D eigenvalue weighted by atomic mass is 9.99. The summed E-state index contributed by atoms with van der Waals surface area (Å²) in [5, 5.41) is 9.26. The van der Waals surface area contributed by atoms with Crippen LogP contribution in [0.1, 0.15) is 41.6 Å². The van der Waals surface area contributed by atoms with Crippen molar-refractivity contribution in [1.29, 1.82) is 0 Å². The van der Waals surface area contributed by atoms with Gasteiger partial charge in [-0.2, -0.15) is 0 Å². The minimum Gasteiger partial charge on any atom is -0.465 e. The molecule has 0 aliphatic carbocycles. The first-order valence-corrected chi connectivity index (χ1v) is 11.0.